The van der Waals surface area contributed by atoms with Crippen LogP contribution in [0.5, 0.6) is 0 Å². The van der Waals surface area contributed by atoms with Crippen molar-refractivity contribution in [3.8, 4) is 0 Å². The Balaban J connectivity index is 0. The molecule has 5 nitrogen and oxygen atoms in total. The van der Waals surface area contributed by atoms with Crippen molar-refractivity contribution in [3.63, 3.8) is 0 Å². The van der Waals surface area contributed by atoms with E-state index in [2.05, 4.69) is 32.2 Å². The molecule has 0 aliphatic rings. The molecule has 0 heterocycles. The van der Waals surface area contributed by atoms with Gasteiger partial charge < -0.3 is 9.04 Å². The zero-order valence-electron chi connectivity index (χ0n) is 13.9. The highest BCUT2D eigenvalue weighted by molar-refractivity contribution is 7.80. The van der Waals surface area contributed by atoms with E-state index in [-0.39, 0.29) is 0 Å². The normalized spacial score (nSPS) is 11.9. The minimum Gasteiger partial charge on any atom is -0.726 e. The largest absolute Gasteiger partial charge is 0.726 e. The highest BCUT2D eigenvalue weighted by Crippen LogP contribution is 2.09. The van der Waals surface area contributed by atoms with Gasteiger partial charge in [-0.15, -0.1) is 0 Å². The molecule has 6 heteroatoms. The Morgan fingerprint density at radius 1 is 0.900 bits per heavy atom. The summed E-state index contributed by atoms with van der Waals surface area (Å²) in [6, 6.07) is 0. The maximum absolute atomic E-state index is 9.22. The Morgan fingerprint density at radius 2 is 1.25 bits per heavy atom. The lowest BCUT2D eigenvalue weighted by Crippen LogP contribution is -2.35. The average Bonchev–Trinajstić information content (AvgIpc) is 2.31. The van der Waals surface area contributed by atoms with Crippen LogP contribution in [0, 0.1) is 0 Å². The van der Waals surface area contributed by atoms with E-state index in [4.69, 9.17) is 0 Å². The van der Waals surface area contributed by atoms with E-state index < -0.39 is 10.4 Å². The SMILES string of the molecule is CCCCCCCCCC[N+](C)(C)C.COS(=O)(=O)[O-]. The van der Waals surface area contributed by atoms with Crippen LogP contribution in [0.4, 0.5) is 0 Å². The Labute approximate surface area is 125 Å². The molecule has 20 heavy (non-hydrogen) atoms. The van der Waals surface area contributed by atoms with Crippen LogP contribution in [0.3, 0.4) is 0 Å². The summed E-state index contributed by atoms with van der Waals surface area (Å²) in [7, 11) is 3.23. The zero-order chi connectivity index (χ0) is 16.1. The van der Waals surface area contributed by atoms with Crippen molar-refractivity contribution < 1.29 is 21.6 Å². The molecule has 0 fully saturated rings. The molecule has 0 saturated heterocycles. The topological polar surface area (TPSA) is 66.4 Å². The summed E-state index contributed by atoms with van der Waals surface area (Å²) in [6.45, 7) is 3.61. The van der Waals surface area contributed by atoms with Crippen LogP contribution in [0.25, 0.3) is 0 Å². The van der Waals surface area contributed by atoms with Crippen LogP contribution < -0.4 is 0 Å². The molecule has 0 aromatic heterocycles. The van der Waals surface area contributed by atoms with Crippen molar-refractivity contribution >= 4 is 10.4 Å². The molecule has 0 radical (unpaired) electrons. The van der Waals surface area contributed by atoms with Crippen molar-refractivity contribution in [3.05, 3.63) is 0 Å². The molecular formula is C14H33NO4S. The van der Waals surface area contributed by atoms with Gasteiger partial charge in [0.05, 0.1) is 34.8 Å². The molecular weight excluding hydrogens is 278 g/mol. The van der Waals surface area contributed by atoms with E-state index in [9.17, 15) is 13.0 Å². The number of hydrogen-bond donors (Lipinski definition) is 0. The first-order valence-electron chi connectivity index (χ1n) is 7.44. The standard InChI is InChI=1S/C13H30N.CH4O4S/c1-5-6-7-8-9-10-11-12-13-14(2,3)4;1-5-6(2,3)4/h5-13H2,1-4H3;1H3,(H,2,3,4)/q+1;/p-1. The molecule has 0 atom stereocenters. The molecule has 0 bridgehead atoms. The molecule has 0 aliphatic heterocycles. The second-order valence-electron chi connectivity index (χ2n) is 6.06. The minimum absolute atomic E-state index is 0.808. The smallest absolute Gasteiger partial charge is 0.217 e. The molecule has 0 aromatic rings. The molecule has 0 spiro atoms. The van der Waals surface area contributed by atoms with E-state index in [0.29, 0.717) is 0 Å². The second kappa shape index (κ2) is 12.6. The van der Waals surface area contributed by atoms with Crippen molar-refractivity contribution in [1.82, 2.24) is 0 Å². The lowest BCUT2D eigenvalue weighted by molar-refractivity contribution is -0.870. The first-order valence-corrected chi connectivity index (χ1v) is 8.77. The number of rotatable bonds is 10. The van der Waals surface area contributed by atoms with E-state index in [1.54, 1.807) is 0 Å². The lowest BCUT2D eigenvalue weighted by Gasteiger charge is -2.23. The van der Waals surface area contributed by atoms with Gasteiger partial charge in [-0.1, -0.05) is 45.4 Å². The first kappa shape index (κ1) is 22.1. The highest BCUT2D eigenvalue weighted by atomic mass is 32.3. The van der Waals surface area contributed by atoms with E-state index in [1.165, 1.54) is 57.9 Å². The van der Waals surface area contributed by atoms with Gasteiger partial charge in [-0.05, 0) is 12.8 Å². The number of nitrogens with zero attached hydrogens (tertiary/aromatic N) is 1. The molecule has 0 unspecified atom stereocenters. The van der Waals surface area contributed by atoms with Gasteiger partial charge >= 0.3 is 0 Å². The van der Waals surface area contributed by atoms with E-state index in [0.717, 1.165) is 11.6 Å². The van der Waals surface area contributed by atoms with Gasteiger partial charge in [0.25, 0.3) is 0 Å². The number of unbranched alkanes of at least 4 members (excludes halogenated alkanes) is 7. The van der Waals surface area contributed by atoms with Crippen LogP contribution in [0.1, 0.15) is 58.3 Å². The van der Waals surface area contributed by atoms with Gasteiger partial charge in [-0.2, -0.15) is 0 Å². The summed E-state index contributed by atoms with van der Waals surface area (Å²) in [5.74, 6) is 0. The van der Waals surface area contributed by atoms with Gasteiger partial charge in [-0.3, -0.25) is 4.18 Å². The average molecular weight is 311 g/mol. The zero-order valence-corrected chi connectivity index (χ0v) is 14.7. The number of quaternary nitrogens is 1. The van der Waals surface area contributed by atoms with Crippen LogP contribution in [-0.2, 0) is 14.6 Å². The van der Waals surface area contributed by atoms with Crippen molar-refractivity contribution in [2.75, 3.05) is 34.8 Å². The third kappa shape index (κ3) is 26.4. The first-order chi connectivity index (χ1) is 9.12. The van der Waals surface area contributed by atoms with Crippen molar-refractivity contribution in [1.29, 1.82) is 0 Å². The van der Waals surface area contributed by atoms with Crippen molar-refractivity contribution in [2.45, 2.75) is 58.3 Å². The molecule has 0 aromatic carbocycles. The Bertz CT molecular complexity index is 297. The predicted molar refractivity (Wildman–Crippen MR) is 82.2 cm³/mol. The Morgan fingerprint density at radius 3 is 1.55 bits per heavy atom. The molecule has 0 rings (SSSR count). The lowest BCUT2D eigenvalue weighted by atomic mass is 10.1. The Hall–Kier alpha value is -0.170. The van der Waals surface area contributed by atoms with E-state index >= 15 is 0 Å². The monoisotopic (exact) mass is 311 g/mol. The third-order valence-corrected chi connectivity index (χ3v) is 3.29. The summed E-state index contributed by atoms with van der Waals surface area (Å²) >= 11 is 0. The molecule has 0 N–H and O–H groups in total. The number of hydrogen-bond acceptors (Lipinski definition) is 4. The third-order valence-electron chi connectivity index (χ3n) is 2.89. The van der Waals surface area contributed by atoms with Gasteiger partial charge in [0, 0.05) is 0 Å². The van der Waals surface area contributed by atoms with Crippen LogP contribution in [-0.4, -0.2) is 52.3 Å². The predicted octanol–water partition coefficient (Wildman–Crippen LogP) is 2.93. The summed E-state index contributed by atoms with van der Waals surface area (Å²) in [5.41, 5.74) is 0. The summed E-state index contributed by atoms with van der Waals surface area (Å²) < 4.78 is 32.1. The maximum atomic E-state index is 9.22. The molecule has 0 saturated carbocycles. The highest BCUT2D eigenvalue weighted by Gasteiger charge is 2.04. The molecule has 124 valence electrons. The van der Waals surface area contributed by atoms with Crippen LogP contribution in [0.15, 0.2) is 0 Å². The fraction of sp³-hybridized carbons (Fsp3) is 1.00. The van der Waals surface area contributed by atoms with Crippen LogP contribution >= 0.6 is 0 Å². The van der Waals surface area contributed by atoms with E-state index in [1.807, 2.05) is 0 Å². The summed E-state index contributed by atoms with van der Waals surface area (Å²) in [6.07, 6.45) is 11.4. The fourth-order valence-electron chi connectivity index (χ4n) is 1.72. The van der Waals surface area contributed by atoms with Crippen molar-refractivity contribution in [2.24, 2.45) is 0 Å². The maximum Gasteiger partial charge on any atom is 0.217 e. The summed E-state index contributed by atoms with van der Waals surface area (Å²) in [4.78, 5) is 0. The second-order valence-corrected chi connectivity index (χ2v) is 7.21. The molecule has 0 aliphatic carbocycles. The molecule has 0 amide bonds. The van der Waals surface area contributed by atoms with Gasteiger partial charge in [0.2, 0.25) is 10.4 Å². The minimum atomic E-state index is -4.41. The fourth-order valence-corrected chi connectivity index (χ4v) is 1.72. The summed E-state index contributed by atoms with van der Waals surface area (Å²) in [5, 5.41) is 0. The van der Waals surface area contributed by atoms with Gasteiger partial charge in [0.15, 0.2) is 0 Å². The van der Waals surface area contributed by atoms with Gasteiger partial charge in [-0.25, -0.2) is 8.42 Å². The Kier molecular flexibility index (Phi) is 13.9. The van der Waals surface area contributed by atoms with Gasteiger partial charge in [0.1, 0.15) is 0 Å². The quantitative estimate of drug-likeness (QED) is 0.269. The van der Waals surface area contributed by atoms with Crippen LogP contribution in [0.2, 0.25) is 0 Å².